The van der Waals surface area contributed by atoms with Crippen molar-refractivity contribution in [3.63, 3.8) is 0 Å². The first-order valence-corrected chi connectivity index (χ1v) is 9.05. The van der Waals surface area contributed by atoms with E-state index in [9.17, 15) is 4.39 Å². The molecular weight excluding hydrogens is 333 g/mol. The molecule has 4 nitrogen and oxygen atoms in total. The number of nitrogens with one attached hydrogen (secondary N) is 1. The van der Waals surface area contributed by atoms with Gasteiger partial charge in [0.15, 0.2) is 6.29 Å². The summed E-state index contributed by atoms with van der Waals surface area (Å²) < 4.78 is 31.6. The Morgan fingerprint density at radius 3 is 2.62 bits per heavy atom. The summed E-state index contributed by atoms with van der Waals surface area (Å²) in [5.41, 5.74) is 1.83. The summed E-state index contributed by atoms with van der Waals surface area (Å²) in [6, 6.07) is 14.7. The van der Waals surface area contributed by atoms with Gasteiger partial charge < -0.3 is 19.5 Å². The molecule has 1 heterocycles. The third kappa shape index (κ3) is 4.81. The Bertz CT molecular complexity index is 708. The topological polar surface area (TPSA) is 39.7 Å². The van der Waals surface area contributed by atoms with E-state index in [1.807, 2.05) is 57.2 Å². The Morgan fingerprint density at radius 2 is 1.88 bits per heavy atom. The van der Waals surface area contributed by atoms with Crippen LogP contribution in [0.1, 0.15) is 44.0 Å². The Morgan fingerprint density at radius 1 is 1.12 bits per heavy atom. The van der Waals surface area contributed by atoms with E-state index >= 15 is 0 Å². The van der Waals surface area contributed by atoms with Crippen molar-refractivity contribution in [1.82, 2.24) is 5.32 Å². The van der Waals surface area contributed by atoms with Crippen LogP contribution in [0.4, 0.5) is 4.39 Å². The summed E-state index contributed by atoms with van der Waals surface area (Å²) in [6.07, 6.45) is -0.801. The van der Waals surface area contributed by atoms with E-state index in [2.05, 4.69) is 5.32 Å². The van der Waals surface area contributed by atoms with E-state index in [1.54, 1.807) is 0 Å². The van der Waals surface area contributed by atoms with Crippen LogP contribution in [0.15, 0.2) is 48.5 Å². The summed E-state index contributed by atoms with van der Waals surface area (Å²) in [5.74, 6) is 0.170. The van der Waals surface area contributed by atoms with Crippen molar-refractivity contribution in [2.24, 2.45) is 0 Å². The Balaban J connectivity index is 1.75. The minimum Gasteiger partial charge on any atom is -0.491 e. The van der Waals surface area contributed by atoms with E-state index in [4.69, 9.17) is 14.2 Å². The molecule has 1 fully saturated rings. The Hall–Kier alpha value is -1.95. The molecule has 0 aromatic heterocycles. The molecule has 5 heteroatoms. The maximum atomic E-state index is 14.0. The molecule has 0 spiro atoms. The molecule has 2 aromatic carbocycles. The minimum absolute atomic E-state index is 0.0192. The van der Waals surface area contributed by atoms with Crippen molar-refractivity contribution >= 4 is 0 Å². The van der Waals surface area contributed by atoms with E-state index in [-0.39, 0.29) is 24.1 Å². The lowest BCUT2D eigenvalue weighted by Crippen LogP contribution is -2.43. The van der Waals surface area contributed by atoms with Crippen LogP contribution in [0.3, 0.4) is 0 Å². The van der Waals surface area contributed by atoms with Gasteiger partial charge in [-0.05, 0) is 44.0 Å². The molecule has 0 bridgehead atoms. The zero-order chi connectivity index (χ0) is 18.5. The monoisotopic (exact) mass is 359 g/mol. The van der Waals surface area contributed by atoms with Gasteiger partial charge in [0, 0.05) is 12.6 Å². The van der Waals surface area contributed by atoms with Gasteiger partial charge in [0.1, 0.15) is 11.6 Å². The normalized spacial score (nSPS) is 21.6. The van der Waals surface area contributed by atoms with Crippen molar-refractivity contribution in [3.8, 4) is 5.75 Å². The highest BCUT2D eigenvalue weighted by Gasteiger charge is 2.29. The molecule has 1 N–H and O–H groups in total. The quantitative estimate of drug-likeness (QED) is 0.831. The number of rotatable bonds is 6. The van der Waals surface area contributed by atoms with Crippen LogP contribution in [-0.4, -0.2) is 25.5 Å². The van der Waals surface area contributed by atoms with Crippen LogP contribution in [0.2, 0.25) is 0 Å². The molecule has 3 rings (SSSR count). The van der Waals surface area contributed by atoms with E-state index in [0.29, 0.717) is 12.4 Å². The van der Waals surface area contributed by atoms with Crippen LogP contribution in [0, 0.1) is 5.82 Å². The molecule has 3 unspecified atom stereocenters. The highest BCUT2D eigenvalue weighted by Crippen LogP contribution is 2.30. The fourth-order valence-corrected chi connectivity index (χ4v) is 3.07. The lowest BCUT2D eigenvalue weighted by Gasteiger charge is -2.34. The van der Waals surface area contributed by atoms with Gasteiger partial charge in [0.05, 0.1) is 24.9 Å². The average molecular weight is 359 g/mol. The second kappa shape index (κ2) is 8.62. The maximum absolute atomic E-state index is 14.0. The predicted molar refractivity (Wildman–Crippen MR) is 98.6 cm³/mol. The Labute approximate surface area is 154 Å². The molecule has 140 valence electrons. The molecule has 1 aliphatic rings. The summed E-state index contributed by atoms with van der Waals surface area (Å²) in [6.45, 7) is 7.06. The van der Waals surface area contributed by atoms with Crippen LogP contribution >= 0.6 is 0 Å². The first-order chi connectivity index (χ1) is 12.5. The minimum atomic E-state index is -0.445. The third-order valence-electron chi connectivity index (χ3n) is 4.25. The predicted octanol–water partition coefficient (Wildman–Crippen LogP) is 4.38. The second-order valence-corrected chi connectivity index (χ2v) is 6.75. The van der Waals surface area contributed by atoms with Crippen molar-refractivity contribution in [3.05, 3.63) is 65.5 Å². The van der Waals surface area contributed by atoms with Gasteiger partial charge in [-0.25, -0.2) is 4.39 Å². The number of morpholine rings is 1. The first kappa shape index (κ1) is 18.8. The van der Waals surface area contributed by atoms with E-state index in [0.717, 1.165) is 17.7 Å². The zero-order valence-electron chi connectivity index (χ0n) is 15.4. The van der Waals surface area contributed by atoms with Crippen LogP contribution in [0.25, 0.3) is 0 Å². The number of hydrogen-bond acceptors (Lipinski definition) is 4. The van der Waals surface area contributed by atoms with E-state index in [1.165, 1.54) is 12.1 Å². The largest absolute Gasteiger partial charge is 0.491 e. The Kier molecular flexibility index (Phi) is 6.25. The standard InChI is InChI=1S/C21H26FNO3/c1-14(2)25-19-12-17(11-18(22)13-19)15(3)26-21-20(23-9-10-24-21)16-7-5-4-6-8-16/h4-8,11-15,20-21,23H,9-10H2,1-3H3. The fraction of sp³-hybridized carbons (Fsp3) is 0.429. The van der Waals surface area contributed by atoms with Gasteiger partial charge in [-0.1, -0.05) is 30.3 Å². The lowest BCUT2D eigenvalue weighted by atomic mass is 10.0. The summed E-state index contributed by atoms with van der Waals surface area (Å²) >= 11 is 0. The summed E-state index contributed by atoms with van der Waals surface area (Å²) in [5, 5.41) is 3.44. The van der Waals surface area contributed by atoms with Crippen LogP contribution < -0.4 is 10.1 Å². The molecule has 0 aliphatic carbocycles. The van der Waals surface area contributed by atoms with Crippen LogP contribution in [-0.2, 0) is 9.47 Å². The van der Waals surface area contributed by atoms with Crippen molar-refractivity contribution in [2.75, 3.05) is 13.2 Å². The molecular formula is C21H26FNO3. The highest BCUT2D eigenvalue weighted by molar-refractivity contribution is 5.31. The molecule has 2 aromatic rings. The maximum Gasteiger partial charge on any atom is 0.177 e. The average Bonchev–Trinajstić information content (AvgIpc) is 2.62. The second-order valence-electron chi connectivity index (χ2n) is 6.75. The van der Waals surface area contributed by atoms with Crippen molar-refractivity contribution in [2.45, 2.75) is 45.3 Å². The number of hydrogen-bond donors (Lipinski definition) is 1. The first-order valence-electron chi connectivity index (χ1n) is 9.05. The molecule has 0 saturated carbocycles. The molecule has 26 heavy (non-hydrogen) atoms. The van der Waals surface area contributed by atoms with Gasteiger partial charge in [-0.3, -0.25) is 0 Å². The fourth-order valence-electron chi connectivity index (χ4n) is 3.07. The molecule has 0 radical (unpaired) electrons. The molecule has 1 aliphatic heterocycles. The lowest BCUT2D eigenvalue weighted by molar-refractivity contribution is -0.200. The van der Waals surface area contributed by atoms with Gasteiger partial charge in [0.2, 0.25) is 0 Å². The van der Waals surface area contributed by atoms with Crippen molar-refractivity contribution < 1.29 is 18.6 Å². The number of benzene rings is 2. The van der Waals surface area contributed by atoms with Crippen LogP contribution in [0.5, 0.6) is 5.75 Å². The highest BCUT2D eigenvalue weighted by atomic mass is 19.1. The number of halogens is 1. The molecule has 3 atom stereocenters. The van der Waals surface area contributed by atoms with Gasteiger partial charge in [0.25, 0.3) is 0 Å². The van der Waals surface area contributed by atoms with E-state index < -0.39 is 6.29 Å². The molecule has 0 amide bonds. The SMILES string of the molecule is CC(C)Oc1cc(F)cc(C(C)OC2OCCNC2c2ccccc2)c1. The third-order valence-corrected chi connectivity index (χ3v) is 4.25. The van der Waals surface area contributed by atoms with Crippen molar-refractivity contribution in [1.29, 1.82) is 0 Å². The number of ether oxygens (including phenoxy) is 3. The smallest absolute Gasteiger partial charge is 0.177 e. The van der Waals surface area contributed by atoms with Gasteiger partial charge in [-0.2, -0.15) is 0 Å². The summed E-state index contributed by atoms with van der Waals surface area (Å²) in [4.78, 5) is 0. The van der Waals surface area contributed by atoms with Gasteiger partial charge >= 0.3 is 0 Å². The summed E-state index contributed by atoms with van der Waals surface area (Å²) in [7, 11) is 0. The zero-order valence-corrected chi connectivity index (χ0v) is 15.4. The van der Waals surface area contributed by atoms with Gasteiger partial charge in [-0.15, -0.1) is 0 Å². The molecule has 1 saturated heterocycles.